The minimum absolute atomic E-state index is 0.248. The summed E-state index contributed by atoms with van der Waals surface area (Å²) in [5, 5.41) is 6.83. The van der Waals surface area contributed by atoms with Gasteiger partial charge in [-0.1, -0.05) is 30.3 Å². The molecular formula is C23H33N3O3S. The van der Waals surface area contributed by atoms with E-state index in [1.807, 2.05) is 18.2 Å². The van der Waals surface area contributed by atoms with Crippen molar-refractivity contribution in [2.45, 2.75) is 50.6 Å². The zero-order chi connectivity index (χ0) is 21.7. The summed E-state index contributed by atoms with van der Waals surface area (Å²) in [7, 11) is -0.141. The normalized spacial score (nSPS) is 19.6. The molecule has 7 heteroatoms. The maximum Gasteiger partial charge on any atom is 0.237 e. The van der Waals surface area contributed by atoms with E-state index in [1.54, 1.807) is 34.1 Å². The van der Waals surface area contributed by atoms with E-state index in [2.05, 4.69) is 34.9 Å². The monoisotopic (exact) mass is 431 g/mol. The second kappa shape index (κ2) is 9.81. The highest BCUT2D eigenvalue weighted by molar-refractivity contribution is 7.93. The van der Waals surface area contributed by atoms with Gasteiger partial charge in [0, 0.05) is 31.2 Å². The third kappa shape index (κ3) is 4.96. The molecule has 0 radical (unpaired) electrons. The average Bonchev–Trinajstić information content (AvgIpc) is 2.77. The molecule has 0 saturated carbocycles. The van der Waals surface area contributed by atoms with Crippen LogP contribution in [0.1, 0.15) is 43.9 Å². The molecular weight excluding hydrogens is 398 g/mol. The summed E-state index contributed by atoms with van der Waals surface area (Å²) in [6.45, 7) is 4.99. The Bertz CT molecular complexity index is 932. The van der Waals surface area contributed by atoms with Crippen LogP contribution in [0.2, 0.25) is 0 Å². The molecule has 0 amide bonds. The molecule has 164 valence electrons. The number of methoxy groups -OCH3 is 1. The van der Waals surface area contributed by atoms with Crippen molar-refractivity contribution < 1.29 is 13.2 Å². The second-order valence-corrected chi connectivity index (χ2v) is 10.5. The lowest BCUT2D eigenvalue weighted by molar-refractivity contribution is 0.303. The van der Waals surface area contributed by atoms with Crippen molar-refractivity contribution >= 4 is 15.7 Å². The third-order valence-electron chi connectivity index (χ3n) is 5.78. The van der Waals surface area contributed by atoms with Gasteiger partial charge in [-0.2, -0.15) is 0 Å². The van der Waals surface area contributed by atoms with Crippen LogP contribution in [-0.4, -0.2) is 40.4 Å². The van der Waals surface area contributed by atoms with Gasteiger partial charge in [0.2, 0.25) is 10.0 Å². The van der Waals surface area contributed by atoms with Crippen LogP contribution in [0.5, 0.6) is 5.75 Å². The lowest BCUT2D eigenvalue weighted by atomic mass is 9.92. The Balaban J connectivity index is 1.80. The van der Waals surface area contributed by atoms with Crippen molar-refractivity contribution in [1.82, 2.24) is 10.6 Å². The first-order valence-corrected chi connectivity index (χ1v) is 12.0. The van der Waals surface area contributed by atoms with Gasteiger partial charge in [-0.25, -0.2) is 8.42 Å². The molecule has 0 aliphatic carbocycles. The van der Waals surface area contributed by atoms with E-state index in [9.17, 15) is 8.42 Å². The molecule has 0 spiro atoms. The van der Waals surface area contributed by atoms with Crippen LogP contribution in [0.25, 0.3) is 0 Å². The lowest BCUT2D eigenvalue weighted by Gasteiger charge is -2.34. The molecule has 3 rings (SSSR count). The summed E-state index contributed by atoms with van der Waals surface area (Å²) in [5.74, 6) is 0.752. The third-order valence-corrected chi connectivity index (χ3v) is 7.94. The van der Waals surface area contributed by atoms with Crippen molar-refractivity contribution in [3.05, 3.63) is 59.7 Å². The van der Waals surface area contributed by atoms with E-state index >= 15 is 0 Å². The van der Waals surface area contributed by atoms with Gasteiger partial charge in [0.05, 0.1) is 18.0 Å². The number of ether oxygens (including phenoxy) is 1. The summed E-state index contributed by atoms with van der Waals surface area (Å²) >= 11 is 0. The Kier molecular flexibility index (Phi) is 7.39. The summed E-state index contributed by atoms with van der Waals surface area (Å²) in [4.78, 5) is 0. The van der Waals surface area contributed by atoms with E-state index in [0.717, 1.165) is 30.7 Å². The molecule has 0 aromatic heterocycles. The van der Waals surface area contributed by atoms with E-state index in [-0.39, 0.29) is 12.1 Å². The summed E-state index contributed by atoms with van der Waals surface area (Å²) < 4.78 is 32.0. The Morgan fingerprint density at radius 3 is 2.60 bits per heavy atom. The van der Waals surface area contributed by atoms with Gasteiger partial charge in [-0.3, -0.25) is 4.31 Å². The number of hydrogen-bond donors (Lipinski definition) is 2. The minimum Gasteiger partial charge on any atom is -0.496 e. The van der Waals surface area contributed by atoms with Crippen LogP contribution < -0.4 is 19.7 Å². The molecule has 1 aliphatic rings. The smallest absolute Gasteiger partial charge is 0.237 e. The lowest BCUT2D eigenvalue weighted by Crippen LogP contribution is -2.45. The number of nitrogens with one attached hydrogen (secondary N) is 2. The SMILES string of the molecule is COc1ccc(N(C)S(=O)(=O)C(C)C)cc1CN[C@@H]1CCCN[C@@H]1c1ccccc1. The summed E-state index contributed by atoms with van der Waals surface area (Å²) in [6.07, 6.45) is 2.20. The molecule has 1 saturated heterocycles. The van der Waals surface area contributed by atoms with E-state index in [0.29, 0.717) is 12.2 Å². The van der Waals surface area contributed by atoms with Crippen LogP contribution >= 0.6 is 0 Å². The fraction of sp³-hybridized carbons (Fsp3) is 0.478. The molecule has 1 heterocycles. The Morgan fingerprint density at radius 2 is 1.93 bits per heavy atom. The Morgan fingerprint density at radius 1 is 1.20 bits per heavy atom. The molecule has 2 aromatic carbocycles. The van der Waals surface area contributed by atoms with Gasteiger partial charge < -0.3 is 15.4 Å². The molecule has 0 unspecified atom stereocenters. The van der Waals surface area contributed by atoms with Gasteiger partial charge in [0.1, 0.15) is 5.75 Å². The predicted molar refractivity (Wildman–Crippen MR) is 123 cm³/mol. The highest BCUT2D eigenvalue weighted by atomic mass is 32.2. The standard InChI is InChI=1S/C23H33N3O3S/c1-17(2)30(27,28)26(3)20-12-13-22(29-4)19(15-20)16-25-21-11-8-14-24-23(21)18-9-6-5-7-10-18/h5-7,9-10,12-13,15,17,21,23-25H,8,11,14,16H2,1-4H3/t21-,23-/m1/s1. The van der Waals surface area contributed by atoms with E-state index in [1.165, 1.54) is 9.87 Å². The van der Waals surface area contributed by atoms with Crippen LogP contribution in [0, 0.1) is 0 Å². The fourth-order valence-corrected chi connectivity index (χ4v) is 4.96. The minimum atomic E-state index is -3.38. The Hall–Kier alpha value is -2.09. The van der Waals surface area contributed by atoms with E-state index in [4.69, 9.17) is 4.74 Å². The van der Waals surface area contributed by atoms with Gasteiger partial charge in [0.15, 0.2) is 0 Å². The van der Waals surface area contributed by atoms with Crippen molar-refractivity contribution in [2.24, 2.45) is 0 Å². The van der Waals surface area contributed by atoms with Crippen molar-refractivity contribution in [1.29, 1.82) is 0 Å². The summed E-state index contributed by atoms with van der Waals surface area (Å²) in [6, 6.07) is 16.6. The molecule has 1 aliphatic heterocycles. The first-order chi connectivity index (χ1) is 14.3. The fourth-order valence-electron chi connectivity index (χ4n) is 3.92. The first-order valence-electron chi connectivity index (χ1n) is 10.5. The Labute approximate surface area is 180 Å². The van der Waals surface area contributed by atoms with Crippen molar-refractivity contribution in [3.8, 4) is 5.75 Å². The quantitative estimate of drug-likeness (QED) is 0.670. The molecule has 2 N–H and O–H groups in total. The number of piperidine rings is 1. The zero-order valence-corrected chi connectivity index (χ0v) is 19.1. The topological polar surface area (TPSA) is 70.7 Å². The van der Waals surface area contributed by atoms with Gasteiger partial charge in [0.25, 0.3) is 0 Å². The average molecular weight is 432 g/mol. The van der Waals surface area contributed by atoms with Crippen LogP contribution in [0.15, 0.2) is 48.5 Å². The predicted octanol–water partition coefficient (Wildman–Crippen LogP) is 3.45. The maximum atomic E-state index is 12.6. The molecule has 6 nitrogen and oxygen atoms in total. The molecule has 2 aromatic rings. The van der Waals surface area contributed by atoms with Crippen LogP contribution in [-0.2, 0) is 16.6 Å². The second-order valence-electron chi connectivity index (χ2n) is 8.03. The van der Waals surface area contributed by atoms with Crippen LogP contribution in [0.3, 0.4) is 0 Å². The number of sulfonamides is 1. The number of hydrogen-bond acceptors (Lipinski definition) is 5. The first kappa shape index (κ1) is 22.6. The summed E-state index contributed by atoms with van der Waals surface area (Å²) in [5.41, 5.74) is 2.86. The highest BCUT2D eigenvalue weighted by Crippen LogP contribution is 2.28. The number of nitrogens with zero attached hydrogens (tertiary/aromatic N) is 1. The number of anilines is 1. The molecule has 2 atom stereocenters. The zero-order valence-electron chi connectivity index (χ0n) is 18.3. The molecule has 30 heavy (non-hydrogen) atoms. The van der Waals surface area contributed by atoms with Gasteiger partial charge >= 0.3 is 0 Å². The van der Waals surface area contributed by atoms with E-state index < -0.39 is 15.3 Å². The maximum absolute atomic E-state index is 12.6. The largest absolute Gasteiger partial charge is 0.496 e. The van der Waals surface area contributed by atoms with Gasteiger partial charge in [-0.05, 0) is 57.0 Å². The van der Waals surface area contributed by atoms with Crippen LogP contribution in [0.4, 0.5) is 5.69 Å². The number of rotatable bonds is 8. The molecule has 0 bridgehead atoms. The van der Waals surface area contributed by atoms with Crippen molar-refractivity contribution in [2.75, 3.05) is 25.0 Å². The van der Waals surface area contributed by atoms with Crippen molar-refractivity contribution in [3.63, 3.8) is 0 Å². The van der Waals surface area contributed by atoms with Gasteiger partial charge in [-0.15, -0.1) is 0 Å². The highest BCUT2D eigenvalue weighted by Gasteiger charge is 2.26. The number of benzene rings is 2. The molecule has 1 fully saturated rings.